The minimum Gasteiger partial charge on any atom is -0.406 e. The Morgan fingerprint density at radius 2 is 1.71 bits per heavy atom. The van der Waals surface area contributed by atoms with Crippen LogP contribution < -0.4 is 21.3 Å². The van der Waals surface area contributed by atoms with Crippen LogP contribution in [-0.4, -0.2) is 21.4 Å². The molecule has 0 saturated carbocycles. The Bertz CT molecular complexity index is 882. The third-order valence-electron chi connectivity index (χ3n) is 3.04. The molecule has 0 aliphatic rings. The van der Waals surface area contributed by atoms with Gasteiger partial charge in [0.2, 0.25) is 0 Å². The van der Waals surface area contributed by atoms with Gasteiger partial charge < -0.3 is 14.6 Å². The lowest BCUT2D eigenvalue weighted by Gasteiger charge is -2.10. The summed E-state index contributed by atoms with van der Waals surface area (Å²) >= 11 is 0. The molecular weight excluding hydrogens is 331 g/mol. The first kappa shape index (κ1) is 17.3. The first-order valence-electron chi connectivity index (χ1n) is 6.52. The molecule has 0 saturated heterocycles. The van der Waals surface area contributed by atoms with E-state index in [1.165, 1.54) is 26.2 Å². The van der Waals surface area contributed by atoms with Gasteiger partial charge in [-0.15, -0.1) is 13.2 Å². The van der Waals surface area contributed by atoms with Gasteiger partial charge in [-0.3, -0.25) is 14.2 Å². The number of halogens is 3. The fraction of sp³-hybridized carbons (Fsp3) is 0.214. The minimum atomic E-state index is -4.81. The Morgan fingerprint density at radius 1 is 1.12 bits per heavy atom. The molecule has 128 valence electrons. The highest BCUT2D eigenvalue weighted by Gasteiger charge is 2.31. The molecule has 0 aliphatic carbocycles. The fourth-order valence-electron chi connectivity index (χ4n) is 1.90. The molecule has 1 aromatic carbocycles. The summed E-state index contributed by atoms with van der Waals surface area (Å²) in [6.45, 7) is 0. The SMILES string of the molecule is Cn1cc(C(=O)Nc2ccc(OC(F)(F)F)cc2)c(=O)n(C)c1=O. The van der Waals surface area contributed by atoms with Gasteiger partial charge in [-0.05, 0) is 24.3 Å². The largest absolute Gasteiger partial charge is 0.573 e. The van der Waals surface area contributed by atoms with Crippen molar-refractivity contribution in [1.82, 2.24) is 9.13 Å². The van der Waals surface area contributed by atoms with E-state index < -0.39 is 29.3 Å². The highest BCUT2D eigenvalue weighted by Crippen LogP contribution is 2.24. The molecule has 1 aromatic heterocycles. The number of hydrogen-bond acceptors (Lipinski definition) is 4. The second kappa shape index (κ2) is 6.22. The maximum atomic E-state index is 12.1. The Hall–Kier alpha value is -3.04. The van der Waals surface area contributed by atoms with Gasteiger partial charge >= 0.3 is 12.1 Å². The number of alkyl halides is 3. The van der Waals surface area contributed by atoms with E-state index in [0.29, 0.717) is 0 Å². The summed E-state index contributed by atoms with van der Waals surface area (Å²) in [7, 11) is 2.60. The normalized spacial score (nSPS) is 11.2. The molecule has 1 N–H and O–H groups in total. The number of anilines is 1. The summed E-state index contributed by atoms with van der Waals surface area (Å²) in [4.78, 5) is 35.6. The van der Waals surface area contributed by atoms with E-state index in [1.54, 1.807) is 0 Å². The van der Waals surface area contributed by atoms with Gasteiger partial charge in [0, 0.05) is 26.0 Å². The van der Waals surface area contributed by atoms with Crippen molar-refractivity contribution in [3.05, 3.63) is 56.9 Å². The van der Waals surface area contributed by atoms with Gasteiger partial charge in [0.1, 0.15) is 11.3 Å². The van der Waals surface area contributed by atoms with Crippen molar-refractivity contribution >= 4 is 11.6 Å². The predicted molar refractivity (Wildman–Crippen MR) is 78.0 cm³/mol. The van der Waals surface area contributed by atoms with E-state index in [9.17, 15) is 27.6 Å². The van der Waals surface area contributed by atoms with Crippen LogP contribution in [-0.2, 0) is 14.1 Å². The molecule has 0 radical (unpaired) electrons. The Kier molecular flexibility index (Phi) is 4.49. The minimum absolute atomic E-state index is 0.158. The molecule has 24 heavy (non-hydrogen) atoms. The molecule has 1 amide bonds. The summed E-state index contributed by atoms with van der Waals surface area (Å²) < 4.78 is 41.8. The molecule has 0 spiro atoms. The molecule has 0 aliphatic heterocycles. The topological polar surface area (TPSA) is 82.3 Å². The standard InChI is InChI=1S/C14H12F3N3O4/c1-19-7-10(12(22)20(2)13(19)23)11(21)18-8-3-5-9(6-4-8)24-14(15,16)17/h3-7H,1-2H3,(H,18,21). The smallest absolute Gasteiger partial charge is 0.406 e. The first-order valence-corrected chi connectivity index (χ1v) is 6.52. The third kappa shape index (κ3) is 3.83. The van der Waals surface area contributed by atoms with Gasteiger partial charge in [0.15, 0.2) is 0 Å². The molecule has 0 bridgehead atoms. The van der Waals surface area contributed by atoms with Crippen LogP contribution in [0.2, 0.25) is 0 Å². The summed E-state index contributed by atoms with van der Waals surface area (Å²) in [6, 6.07) is 4.40. The summed E-state index contributed by atoms with van der Waals surface area (Å²) in [5, 5.41) is 2.36. The second-order valence-electron chi connectivity index (χ2n) is 4.83. The van der Waals surface area contributed by atoms with Crippen molar-refractivity contribution in [3.63, 3.8) is 0 Å². The van der Waals surface area contributed by atoms with Crippen LogP contribution in [0.5, 0.6) is 5.75 Å². The molecule has 7 nitrogen and oxygen atoms in total. The molecule has 0 atom stereocenters. The van der Waals surface area contributed by atoms with Gasteiger partial charge in [0.25, 0.3) is 11.5 Å². The van der Waals surface area contributed by atoms with Crippen LogP contribution in [0, 0.1) is 0 Å². The van der Waals surface area contributed by atoms with Gasteiger partial charge in [-0.2, -0.15) is 0 Å². The van der Waals surface area contributed by atoms with E-state index in [-0.39, 0.29) is 11.3 Å². The summed E-state index contributed by atoms with van der Waals surface area (Å²) in [6.07, 6.45) is -3.73. The number of nitrogens with zero attached hydrogens (tertiary/aromatic N) is 2. The molecule has 2 aromatic rings. The average molecular weight is 343 g/mol. The van der Waals surface area contributed by atoms with Crippen molar-refractivity contribution in [1.29, 1.82) is 0 Å². The summed E-state index contributed by atoms with van der Waals surface area (Å²) in [5.41, 5.74) is -1.50. The average Bonchev–Trinajstić information content (AvgIpc) is 2.49. The van der Waals surface area contributed by atoms with Gasteiger partial charge in [0.05, 0.1) is 0 Å². The maximum Gasteiger partial charge on any atom is 0.573 e. The number of rotatable bonds is 3. The number of hydrogen-bond donors (Lipinski definition) is 1. The highest BCUT2D eigenvalue weighted by molar-refractivity contribution is 6.03. The third-order valence-corrected chi connectivity index (χ3v) is 3.04. The van der Waals surface area contributed by atoms with Crippen molar-refractivity contribution in [3.8, 4) is 5.75 Å². The van der Waals surface area contributed by atoms with Crippen molar-refractivity contribution in [2.75, 3.05) is 5.32 Å². The molecule has 10 heteroatoms. The van der Waals surface area contributed by atoms with Crippen LogP contribution in [0.3, 0.4) is 0 Å². The van der Waals surface area contributed by atoms with Crippen molar-refractivity contribution < 1.29 is 22.7 Å². The monoisotopic (exact) mass is 343 g/mol. The number of benzene rings is 1. The van der Waals surface area contributed by atoms with E-state index in [0.717, 1.165) is 27.5 Å². The fourth-order valence-corrected chi connectivity index (χ4v) is 1.90. The lowest BCUT2D eigenvalue weighted by Crippen LogP contribution is -2.40. The van der Waals surface area contributed by atoms with Crippen LogP contribution in [0.25, 0.3) is 0 Å². The number of aryl methyl sites for hydroxylation is 1. The van der Waals surface area contributed by atoms with Crippen LogP contribution >= 0.6 is 0 Å². The Labute approximate surface area is 132 Å². The number of carbonyl (C=O) groups excluding carboxylic acids is 1. The number of nitrogens with one attached hydrogen (secondary N) is 1. The maximum absolute atomic E-state index is 12.1. The van der Waals surface area contributed by atoms with E-state index in [2.05, 4.69) is 10.1 Å². The van der Waals surface area contributed by atoms with Crippen molar-refractivity contribution in [2.45, 2.75) is 6.36 Å². The first-order chi connectivity index (χ1) is 11.1. The molecule has 0 fully saturated rings. The molecule has 0 unspecified atom stereocenters. The lowest BCUT2D eigenvalue weighted by atomic mass is 10.2. The molecule has 2 rings (SSSR count). The van der Waals surface area contributed by atoms with Gasteiger partial charge in [-0.1, -0.05) is 0 Å². The molecular formula is C14H12F3N3O4. The lowest BCUT2D eigenvalue weighted by molar-refractivity contribution is -0.274. The number of amides is 1. The van der Waals surface area contributed by atoms with Crippen LogP contribution in [0.4, 0.5) is 18.9 Å². The Balaban J connectivity index is 2.22. The number of ether oxygens (including phenoxy) is 1. The molecule has 1 heterocycles. The van der Waals surface area contributed by atoms with Crippen LogP contribution in [0.1, 0.15) is 10.4 Å². The second-order valence-corrected chi connectivity index (χ2v) is 4.83. The van der Waals surface area contributed by atoms with E-state index in [1.807, 2.05) is 0 Å². The quantitative estimate of drug-likeness (QED) is 0.909. The summed E-state index contributed by atoms with van der Waals surface area (Å²) in [5.74, 6) is -1.24. The van der Waals surface area contributed by atoms with Crippen molar-refractivity contribution in [2.24, 2.45) is 14.1 Å². The zero-order valence-corrected chi connectivity index (χ0v) is 12.5. The van der Waals surface area contributed by atoms with Gasteiger partial charge in [-0.25, -0.2) is 4.79 Å². The van der Waals surface area contributed by atoms with E-state index in [4.69, 9.17) is 0 Å². The number of aromatic nitrogens is 2. The zero-order valence-electron chi connectivity index (χ0n) is 12.5. The highest BCUT2D eigenvalue weighted by atomic mass is 19.4. The number of carbonyl (C=O) groups is 1. The Morgan fingerprint density at radius 3 is 2.25 bits per heavy atom. The predicted octanol–water partition coefficient (Wildman–Crippen LogP) is 1.23. The zero-order chi connectivity index (χ0) is 18.1. The van der Waals surface area contributed by atoms with E-state index >= 15 is 0 Å². The van der Waals surface area contributed by atoms with Crippen LogP contribution in [0.15, 0.2) is 40.1 Å².